The molecule has 18 heavy (non-hydrogen) atoms. The Morgan fingerprint density at radius 1 is 1.33 bits per heavy atom. The van der Waals surface area contributed by atoms with Crippen LogP contribution < -0.4 is 5.32 Å². The number of carbonyl (C=O) groups excluding carboxylic acids is 1. The van der Waals surface area contributed by atoms with E-state index in [4.69, 9.17) is 9.47 Å². The van der Waals surface area contributed by atoms with Gasteiger partial charge in [-0.15, -0.1) is 0 Å². The summed E-state index contributed by atoms with van der Waals surface area (Å²) in [6.45, 7) is 3.24. The van der Waals surface area contributed by atoms with Gasteiger partial charge in [0.05, 0.1) is 19.8 Å². The van der Waals surface area contributed by atoms with Crippen molar-refractivity contribution < 1.29 is 14.3 Å². The lowest BCUT2D eigenvalue weighted by molar-refractivity contribution is -0.117. The molecule has 0 radical (unpaired) electrons. The first-order chi connectivity index (χ1) is 8.75. The van der Waals surface area contributed by atoms with Crippen molar-refractivity contribution in [2.45, 2.75) is 13.0 Å². The first kappa shape index (κ1) is 12.8. The molecule has 4 nitrogen and oxygen atoms in total. The van der Waals surface area contributed by atoms with E-state index in [1.165, 1.54) is 6.92 Å². The number of hydrogen-bond acceptors (Lipinski definition) is 3. The zero-order chi connectivity index (χ0) is 12.8. The van der Waals surface area contributed by atoms with Gasteiger partial charge in [-0.3, -0.25) is 4.79 Å². The molecule has 1 aromatic carbocycles. The number of amides is 1. The van der Waals surface area contributed by atoms with Crippen LogP contribution in [-0.4, -0.2) is 31.8 Å². The molecule has 1 fully saturated rings. The Balaban J connectivity index is 2.18. The lowest BCUT2D eigenvalue weighted by Gasteiger charge is -2.21. The summed E-state index contributed by atoms with van der Waals surface area (Å²) in [4.78, 5) is 11.2. The van der Waals surface area contributed by atoms with Crippen LogP contribution in [0.15, 0.2) is 36.4 Å². The van der Waals surface area contributed by atoms with Crippen LogP contribution in [0.4, 0.5) is 0 Å². The van der Waals surface area contributed by atoms with E-state index in [0.717, 1.165) is 11.3 Å². The van der Waals surface area contributed by atoms with Gasteiger partial charge in [0, 0.05) is 12.6 Å². The Morgan fingerprint density at radius 3 is 2.72 bits per heavy atom. The van der Waals surface area contributed by atoms with E-state index >= 15 is 0 Å². The van der Waals surface area contributed by atoms with Crippen molar-refractivity contribution in [3.05, 3.63) is 42.0 Å². The quantitative estimate of drug-likeness (QED) is 0.882. The van der Waals surface area contributed by atoms with Crippen molar-refractivity contribution in [3.63, 3.8) is 0 Å². The summed E-state index contributed by atoms with van der Waals surface area (Å²) in [6, 6.07) is 9.71. The van der Waals surface area contributed by atoms with Crippen LogP contribution in [0.25, 0.3) is 5.70 Å². The Morgan fingerprint density at radius 2 is 2.11 bits per heavy atom. The summed E-state index contributed by atoms with van der Waals surface area (Å²) in [5.74, 6) is -0.0955. The smallest absolute Gasteiger partial charge is 0.221 e. The molecule has 2 rings (SSSR count). The van der Waals surface area contributed by atoms with E-state index in [9.17, 15) is 4.79 Å². The first-order valence-corrected chi connectivity index (χ1v) is 6.00. The molecule has 1 saturated heterocycles. The Bertz CT molecular complexity index is 422. The number of carbonyl (C=O) groups is 1. The molecule has 0 unspecified atom stereocenters. The van der Waals surface area contributed by atoms with Gasteiger partial charge in [0.1, 0.15) is 6.10 Å². The first-order valence-electron chi connectivity index (χ1n) is 6.00. The molecule has 4 heteroatoms. The van der Waals surface area contributed by atoms with E-state index in [0.29, 0.717) is 19.8 Å². The molecule has 0 bridgehead atoms. The number of ether oxygens (including phenoxy) is 2. The van der Waals surface area contributed by atoms with Crippen molar-refractivity contribution in [2.24, 2.45) is 0 Å². The highest BCUT2D eigenvalue weighted by Crippen LogP contribution is 2.14. The van der Waals surface area contributed by atoms with E-state index in [1.54, 1.807) is 0 Å². The van der Waals surface area contributed by atoms with Crippen molar-refractivity contribution in [1.29, 1.82) is 0 Å². The minimum Gasteiger partial charge on any atom is -0.376 e. The summed E-state index contributed by atoms with van der Waals surface area (Å²) in [6.07, 6.45) is 1.79. The monoisotopic (exact) mass is 247 g/mol. The molecule has 1 aliphatic heterocycles. The fourth-order valence-electron chi connectivity index (χ4n) is 1.81. The SMILES string of the molecule is CC(=O)N/C(=C\[C@H]1COCCO1)c1ccccc1. The second-order valence-corrected chi connectivity index (χ2v) is 4.11. The highest BCUT2D eigenvalue weighted by Gasteiger charge is 2.14. The second kappa shape index (κ2) is 6.33. The summed E-state index contributed by atoms with van der Waals surface area (Å²) < 4.78 is 10.9. The molecule has 1 aromatic rings. The molecule has 0 saturated carbocycles. The summed E-state index contributed by atoms with van der Waals surface area (Å²) in [5, 5.41) is 2.83. The van der Waals surface area contributed by atoms with E-state index in [1.807, 2.05) is 36.4 Å². The van der Waals surface area contributed by atoms with Crippen molar-refractivity contribution in [1.82, 2.24) is 5.32 Å². The van der Waals surface area contributed by atoms with E-state index < -0.39 is 0 Å². The van der Waals surface area contributed by atoms with Gasteiger partial charge in [-0.05, 0) is 11.6 Å². The van der Waals surface area contributed by atoms with Crippen LogP contribution in [0, 0.1) is 0 Å². The molecule has 1 N–H and O–H groups in total. The number of hydrogen-bond donors (Lipinski definition) is 1. The zero-order valence-corrected chi connectivity index (χ0v) is 10.4. The molecule has 1 heterocycles. The normalized spacial score (nSPS) is 20.5. The van der Waals surface area contributed by atoms with Gasteiger partial charge < -0.3 is 14.8 Å². The van der Waals surface area contributed by atoms with Gasteiger partial charge in [0.25, 0.3) is 0 Å². The topological polar surface area (TPSA) is 47.6 Å². The number of benzene rings is 1. The molecule has 1 atom stereocenters. The van der Waals surface area contributed by atoms with Crippen LogP contribution in [-0.2, 0) is 14.3 Å². The van der Waals surface area contributed by atoms with Crippen LogP contribution in [0.5, 0.6) is 0 Å². The number of rotatable bonds is 3. The van der Waals surface area contributed by atoms with Gasteiger partial charge in [0.2, 0.25) is 5.91 Å². The maximum atomic E-state index is 11.2. The highest BCUT2D eigenvalue weighted by molar-refractivity contribution is 5.85. The van der Waals surface area contributed by atoms with Gasteiger partial charge in [0.15, 0.2) is 0 Å². The second-order valence-electron chi connectivity index (χ2n) is 4.11. The molecular weight excluding hydrogens is 230 g/mol. The average molecular weight is 247 g/mol. The Hall–Kier alpha value is -1.65. The van der Waals surface area contributed by atoms with Crippen molar-refractivity contribution in [3.8, 4) is 0 Å². The molecule has 1 amide bonds. The lowest BCUT2D eigenvalue weighted by atomic mass is 10.1. The lowest BCUT2D eigenvalue weighted by Crippen LogP contribution is -2.28. The van der Waals surface area contributed by atoms with Crippen LogP contribution in [0.2, 0.25) is 0 Å². The summed E-state index contributed by atoms with van der Waals surface area (Å²) in [7, 11) is 0. The minimum atomic E-state index is -0.110. The average Bonchev–Trinajstić information content (AvgIpc) is 2.40. The Kier molecular flexibility index (Phi) is 4.50. The molecule has 0 aliphatic carbocycles. The molecule has 96 valence electrons. The van der Waals surface area contributed by atoms with Gasteiger partial charge in [-0.2, -0.15) is 0 Å². The third-order valence-electron chi connectivity index (χ3n) is 2.59. The molecule has 0 spiro atoms. The van der Waals surface area contributed by atoms with Crippen LogP contribution >= 0.6 is 0 Å². The summed E-state index contributed by atoms with van der Waals surface area (Å²) >= 11 is 0. The largest absolute Gasteiger partial charge is 0.376 e. The maximum Gasteiger partial charge on any atom is 0.221 e. The molecule has 1 aliphatic rings. The van der Waals surface area contributed by atoms with Crippen molar-refractivity contribution >= 4 is 11.6 Å². The van der Waals surface area contributed by atoms with Gasteiger partial charge >= 0.3 is 0 Å². The molecular formula is C14H17NO3. The Labute approximate surface area is 107 Å². The van der Waals surface area contributed by atoms with Gasteiger partial charge in [-0.25, -0.2) is 0 Å². The predicted octanol–water partition coefficient (Wildman–Crippen LogP) is 1.58. The highest BCUT2D eigenvalue weighted by atomic mass is 16.6. The zero-order valence-electron chi connectivity index (χ0n) is 10.4. The van der Waals surface area contributed by atoms with E-state index in [2.05, 4.69) is 5.32 Å². The fraction of sp³-hybridized carbons (Fsp3) is 0.357. The standard InChI is InChI=1S/C14H17NO3/c1-11(16)15-14(12-5-3-2-4-6-12)9-13-10-17-7-8-18-13/h2-6,9,13H,7-8,10H2,1H3,(H,15,16)/b14-9-/t13-/m0/s1. The summed E-state index contributed by atoms with van der Waals surface area (Å²) in [5.41, 5.74) is 1.72. The van der Waals surface area contributed by atoms with Crippen LogP contribution in [0.3, 0.4) is 0 Å². The van der Waals surface area contributed by atoms with Crippen LogP contribution in [0.1, 0.15) is 12.5 Å². The number of nitrogens with one attached hydrogen (secondary N) is 1. The molecule has 0 aromatic heterocycles. The third-order valence-corrected chi connectivity index (χ3v) is 2.59. The van der Waals surface area contributed by atoms with E-state index in [-0.39, 0.29) is 12.0 Å². The maximum absolute atomic E-state index is 11.2. The van der Waals surface area contributed by atoms with Crippen molar-refractivity contribution in [2.75, 3.05) is 19.8 Å². The predicted molar refractivity (Wildman–Crippen MR) is 68.8 cm³/mol. The fourth-order valence-corrected chi connectivity index (χ4v) is 1.81. The third kappa shape index (κ3) is 3.68. The minimum absolute atomic E-state index is 0.0955. The van der Waals surface area contributed by atoms with Gasteiger partial charge in [-0.1, -0.05) is 30.3 Å².